The number of methoxy groups -OCH3 is 2. The maximum atomic E-state index is 14.5. The molecule has 9 heteroatoms. The summed E-state index contributed by atoms with van der Waals surface area (Å²) in [7, 11) is 2.78. The van der Waals surface area contributed by atoms with E-state index in [9.17, 15) is 24.2 Å². The molecule has 0 unspecified atom stereocenters. The second kappa shape index (κ2) is 8.73. The van der Waals surface area contributed by atoms with E-state index >= 15 is 0 Å². The summed E-state index contributed by atoms with van der Waals surface area (Å²) in [6.45, 7) is -0.267. The number of ether oxygens (including phenoxy) is 2. The normalized spacial score (nSPS) is 11.0. The summed E-state index contributed by atoms with van der Waals surface area (Å²) in [6, 6.07) is 6.03. The number of carboxylic acid groups (broad SMARTS) is 1. The summed E-state index contributed by atoms with van der Waals surface area (Å²) in [5, 5.41) is 18.8. The summed E-state index contributed by atoms with van der Waals surface area (Å²) in [5.41, 5.74) is -0.220. The topological polar surface area (TPSA) is 98.0 Å². The van der Waals surface area contributed by atoms with Gasteiger partial charge in [-0.15, -0.1) is 0 Å². The molecule has 0 saturated carbocycles. The number of rotatable bonds is 7. The lowest BCUT2D eigenvalue weighted by atomic mass is 9.99. The fraction of sp³-hybridized carbons (Fsp3) is 0.238. The van der Waals surface area contributed by atoms with Gasteiger partial charge in [0.05, 0.1) is 36.8 Å². The Balaban J connectivity index is 2.39. The lowest BCUT2D eigenvalue weighted by Crippen LogP contribution is -2.20. The van der Waals surface area contributed by atoms with Gasteiger partial charge in [0.25, 0.3) is 0 Å². The molecule has 0 spiro atoms. The molecule has 30 heavy (non-hydrogen) atoms. The van der Waals surface area contributed by atoms with Gasteiger partial charge in [0.1, 0.15) is 11.4 Å². The minimum atomic E-state index is -1.40. The third-order valence-corrected chi connectivity index (χ3v) is 5.03. The predicted molar refractivity (Wildman–Crippen MR) is 110 cm³/mol. The highest BCUT2D eigenvalue weighted by Crippen LogP contribution is 2.39. The Bertz CT molecular complexity index is 1190. The first-order chi connectivity index (χ1) is 14.3. The number of aromatic nitrogens is 1. The molecule has 3 rings (SSSR count). The first kappa shape index (κ1) is 21.6. The van der Waals surface area contributed by atoms with Gasteiger partial charge in [-0.05, 0) is 17.7 Å². The molecule has 0 bridgehead atoms. The molecular weight excluding hydrogens is 417 g/mol. The quantitative estimate of drug-likeness (QED) is 0.592. The fourth-order valence-corrected chi connectivity index (χ4v) is 3.63. The lowest BCUT2D eigenvalue weighted by molar-refractivity contribution is 0.0694. The van der Waals surface area contributed by atoms with Crippen LogP contribution in [0.4, 0.5) is 4.39 Å². The van der Waals surface area contributed by atoms with E-state index in [-0.39, 0.29) is 52.6 Å². The van der Waals surface area contributed by atoms with E-state index in [4.69, 9.17) is 21.1 Å². The Hall–Kier alpha value is -3.10. The highest BCUT2D eigenvalue weighted by Gasteiger charge is 2.23. The molecule has 0 atom stereocenters. The monoisotopic (exact) mass is 435 g/mol. The van der Waals surface area contributed by atoms with E-state index in [1.807, 2.05) is 0 Å². The Labute approximate surface area is 175 Å². The van der Waals surface area contributed by atoms with Crippen molar-refractivity contribution in [3.63, 3.8) is 0 Å². The van der Waals surface area contributed by atoms with Gasteiger partial charge in [0, 0.05) is 24.7 Å². The average Bonchev–Trinajstić information content (AvgIpc) is 2.72. The van der Waals surface area contributed by atoms with Crippen molar-refractivity contribution in [2.75, 3.05) is 20.8 Å². The van der Waals surface area contributed by atoms with Crippen molar-refractivity contribution in [2.45, 2.75) is 13.0 Å². The number of aromatic carboxylic acids is 1. The number of hydrogen-bond donors (Lipinski definition) is 2. The zero-order chi connectivity index (χ0) is 22.0. The van der Waals surface area contributed by atoms with Crippen LogP contribution in [-0.2, 0) is 13.0 Å². The third-order valence-electron chi connectivity index (χ3n) is 4.74. The van der Waals surface area contributed by atoms with E-state index < -0.39 is 22.8 Å². The smallest absolute Gasteiger partial charge is 0.341 e. The number of carboxylic acids is 1. The van der Waals surface area contributed by atoms with Gasteiger partial charge in [0.2, 0.25) is 5.43 Å². The second-order valence-electron chi connectivity index (χ2n) is 6.48. The summed E-state index contributed by atoms with van der Waals surface area (Å²) >= 11 is 5.87. The van der Waals surface area contributed by atoms with Crippen molar-refractivity contribution in [3.05, 3.63) is 68.2 Å². The second-order valence-corrected chi connectivity index (χ2v) is 6.89. The van der Waals surface area contributed by atoms with Crippen LogP contribution in [0, 0.1) is 5.82 Å². The number of pyridine rings is 1. The minimum Gasteiger partial charge on any atom is -0.492 e. The van der Waals surface area contributed by atoms with Crippen LogP contribution in [0.5, 0.6) is 11.5 Å². The van der Waals surface area contributed by atoms with Crippen LogP contribution in [0.3, 0.4) is 0 Å². The first-order valence-electron chi connectivity index (χ1n) is 8.92. The number of carbonyl (C=O) groups is 1. The molecule has 158 valence electrons. The lowest BCUT2D eigenvalue weighted by Gasteiger charge is -2.19. The Morgan fingerprint density at radius 2 is 1.90 bits per heavy atom. The van der Waals surface area contributed by atoms with Crippen LogP contribution in [0.2, 0.25) is 5.02 Å². The Morgan fingerprint density at radius 3 is 2.50 bits per heavy atom. The molecular formula is C21H19ClFNO6. The molecule has 0 amide bonds. The summed E-state index contributed by atoms with van der Waals surface area (Å²) in [4.78, 5) is 24.4. The van der Waals surface area contributed by atoms with Crippen LogP contribution < -0.4 is 14.9 Å². The van der Waals surface area contributed by atoms with E-state index in [2.05, 4.69) is 0 Å². The number of benzene rings is 2. The molecule has 0 aliphatic heterocycles. The van der Waals surface area contributed by atoms with Gasteiger partial charge < -0.3 is 24.3 Å². The van der Waals surface area contributed by atoms with E-state index in [1.165, 1.54) is 30.9 Å². The summed E-state index contributed by atoms with van der Waals surface area (Å²) in [6.07, 6.45) is 1.18. The molecule has 2 aromatic carbocycles. The van der Waals surface area contributed by atoms with Crippen LogP contribution in [-0.4, -0.2) is 41.6 Å². The fourth-order valence-electron chi connectivity index (χ4n) is 3.44. The van der Waals surface area contributed by atoms with Crippen molar-refractivity contribution >= 4 is 28.5 Å². The SMILES string of the molecule is COc1c(Cc2cccc(Cl)c2F)cc2c(=O)c(C(=O)O)cn(CCO)c2c1OC. The average molecular weight is 436 g/mol. The van der Waals surface area contributed by atoms with Crippen molar-refractivity contribution in [3.8, 4) is 11.5 Å². The van der Waals surface area contributed by atoms with E-state index in [0.29, 0.717) is 5.56 Å². The van der Waals surface area contributed by atoms with Crippen molar-refractivity contribution in [2.24, 2.45) is 0 Å². The molecule has 7 nitrogen and oxygen atoms in total. The maximum Gasteiger partial charge on any atom is 0.341 e. The van der Waals surface area contributed by atoms with Gasteiger partial charge in [-0.25, -0.2) is 9.18 Å². The molecule has 0 radical (unpaired) electrons. The molecule has 1 heterocycles. The standard InChI is InChI=1S/C21H19ClFNO6/c1-29-19-12(8-11-4-3-5-15(22)16(11)23)9-13-17(20(19)30-2)24(6-7-25)10-14(18(13)26)21(27)28/h3-5,9-10,25H,6-8H2,1-2H3,(H,27,28). The van der Waals surface area contributed by atoms with Gasteiger partial charge in [0.15, 0.2) is 11.5 Å². The molecule has 3 aromatic rings. The number of nitrogens with zero attached hydrogens (tertiary/aromatic N) is 1. The third kappa shape index (κ3) is 3.71. The number of fused-ring (bicyclic) bond motifs is 1. The Kier molecular flexibility index (Phi) is 6.28. The van der Waals surface area contributed by atoms with Crippen molar-refractivity contribution in [1.29, 1.82) is 0 Å². The van der Waals surface area contributed by atoms with E-state index in [1.54, 1.807) is 12.1 Å². The molecule has 0 aliphatic carbocycles. The largest absolute Gasteiger partial charge is 0.492 e. The highest BCUT2D eigenvalue weighted by molar-refractivity contribution is 6.30. The number of hydrogen-bond acceptors (Lipinski definition) is 5. The van der Waals surface area contributed by atoms with Gasteiger partial charge in [-0.2, -0.15) is 0 Å². The van der Waals surface area contributed by atoms with Crippen molar-refractivity contribution < 1.29 is 28.9 Å². The molecule has 2 N–H and O–H groups in total. The van der Waals surface area contributed by atoms with Crippen LogP contribution in [0.25, 0.3) is 10.9 Å². The van der Waals surface area contributed by atoms with Gasteiger partial charge >= 0.3 is 5.97 Å². The molecule has 1 aromatic heterocycles. The molecule has 0 fully saturated rings. The number of halogens is 2. The van der Waals surface area contributed by atoms with Crippen LogP contribution in [0.15, 0.2) is 35.3 Å². The minimum absolute atomic E-state index is 0.0264. The van der Waals surface area contributed by atoms with Crippen LogP contribution in [0.1, 0.15) is 21.5 Å². The first-order valence-corrected chi connectivity index (χ1v) is 9.29. The van der Waals surface area contributed by atoms with E-state index in [0.717, 1.165) is 6.20 Å². The predicted octanol–water partition coefficient (Wildman–Crippen LogP) is 3.09. The summed E-state index contributed by atoms with van der Waals surface area (Å²) in [5.74, 6) is -1.56. The summed E-state index contributed by atoms with van der Waals surface area (Å²) < 4.78 is 26.9. The van der Waals surface area contributed by atoms with Gasteiger partial charge in [-0.3, -0.25) is 4.79 Å². The molecule has 0 saturated heterocycles. The maximum absolute atomic E-state index is 14.5. The van der Waals surface area contributed by atoms with Crippen molar-refractivity contribution in [1.82, 2.24) is 4.57 Å². The number of aliphatic hydroxyl groups excluding tert-OH is 1. The molecule has 0 aliphatic rings. The Morgan fingerprint density at radius 1 is 1.20 bits per heavy atom. The number of aliphatic hydroxyl groups is 1. The zero-order valence-corrected chi connectivity index (χ0v) is 17.0. The van der Waals surface area contributed by atoms with Crippen LogP contribution >= 0.6 is 11.6 Å². The highest BCUT2D eigenvalue weighted by atomic mass is 35.5. The zero-order valence-electron chi connectivity index (χ0n) is 16.2. The van der Waals surface area contributed by atoms with Gasteiger partial charge in [-0.1, -0.05) is 23.7 Å².